The van der Waals surface area contributed by atoms with Crippen molar-refractivity contribution >= 4 is 29.8 Å². The number of ether oxygens (including phenoxy) is 1. The molecular weight excluding hydrogens is 387 g/mol. The number of thiocarbonyl (C=S) groups is 1. The fourth-order valence-corrected chi connectivity index (χ4v) is 8.15. The van der Waals surface area contributed by atoms with Crippen LogP contribution in [-0.2, 0) is 11.3 Å². The predicted octanol–water partition coefficient (Wildman–Crippen LogP) is 4.03. The van der Waals surface area contributed by atoms with Crippen LogP contribution in [0.1, 0.15) is 26.3 Å². The molecule has 1 aromatic heterocycles. The molecule has 0 unspecified atom stereocenters. The molecule has 2 aromatic rings. The van der Waals surface area contributed by atoms with Gasteiger partial charge >= 0.3 is 0 Å². The topological polar surface area (TPSA) is 49.8 Å². The van der Waals surface area contributed by atoms with Gasteiger partial charge in [-0.2, -0.15) is 0 Å². The minimum Gasteiger partial charge on any atom is -0.379 e. The van der Waals surface area contributed by atoms with Crippen molar-refractivity contribution in [3.8, 4) is 0 Å². The van der Waals surface area contributed by atoms with Crippen molar-refractivity contribution < 1.29 is 4.74 Å². The summed E-state index contributed by atoms with van der Waals surface area (Å²) in [5.74, 6) is 0. The largest absolute Gasteiger partial charge is 0.379 e. The van der Waals surface area contributed by atoms with Crippen LogP contribution in [0.3, 0.4) is 0 Å². The minimum absolute atomic E-state index is 0.0638. The van der Waals surface area contributed by atoms with Crippen molar-refractivity contribution in [3.63, 3.8) is 0 Å². The van der Waals surface area contributed by atoms with Crippen molar-refractivity contribution in [1.82, 2.24) is 15.0 Å². The molecule has 1 atom stereocenters. The van der Waals surface area contributed by atoms with Crippen LogP contribution in [0.4, 0.5) is 0 Å². The Hall–Kier alpha value is -1.59. The second-order valence-corrected chi connectivity index (χ2v) is 12.0. The molecule has 7 heteroatoms. The summed E-state index contributed by atoms with van der Waals surface area (Å²) in [6, 6.07) is 14.6. The molecule has 28 heavy (non-hydrogen) atoms. The smallest absolute Gasteiger partial charge is 0.193 e. The normalized spacial score (nSPS) is 17.5. The van der Waals surface area contributed by atoms with E-state index in [1.807, 2.05) is 18.3 Å². The highest BCUT2D eigenvalue weighted by atomic mass is 32.1. The van der Waals surface area contributed by atoms with E-state index in [4.69, 9.17) is 21.7 Å². The van der Waals surface area contributed by atoms with E-state index in [1.165, 1.54) is 5.30 Å². The Balaban J connectivity index is 2.01. The van der Waals surface area contributed by atoms with Crippen LogP contribution < -0.4 is 10.6 Å². The van der Waals surface area contributed by atoms with E-state index in [0.717, 1.165) is 31.9 Å². The molecule has 5 nitrogen and oxygen atoms in total. The maximum absolute atomic E-state index is 5.71. The Morgan fingerprint density at radius 1 is 1.18 bits per heavy atom. The van der Waals surface area contributed by atoms with E-state index in [1.54, 1.807) is 6.20 Å². The van der Waals surface area contributed by atoms with Gasteiger partial charge in [0.2, 0.25) is 0 Å². The van der Waals surface area contributed by atoms with E-state index >= 15 is 0 Å². The molecule has 1 aromatic carbocycles. The lowest BCUT2D eigenvalue weighted by Gasteiger charge is -2.46. The van der Waals surface area contributed by atoms with Crippen LogP contribution in [0.2, 0.25) is 0 Å². The van der Waals surface area contributed by atoms with Crippen molar-refractivity contribution in [3.05, 3.63) is 60.4 Å². The van der Waals surface area contributed by atoms with E-state index < -0.39 is 7.21 Å². The maximum atomic E-state index is 5.71. The summed E-state index contributed by atoms with van der Waals surface area (Å²) in [6.07, 6.45) is 3.62. The van der Waals surface area contributed by atoms with Crippen molar-refractivity contribution in [2.45, 2.75) is 32.5 Å². The first kappa shape index (κ1) is 21.1. The van der Waals surface area contributed by atoms with Crippen LogP contribution in [0.5, 0.6) is 0 Å². The Kier molecular flexibility index (Phi) is 7.00. The SMILES string of the molecule is CC(C)(C)[P@](=NC(=S)NCc1cccnc1)(c1ccccc1)N1CCOCC1. The first-order valence-corrected chi connectivity index (χ1v) is 11.7. The lowest BCUT2D eigenvalue weighted by atomic mass is 10.3. The van der Waals surface area contributed by atoms with E-state index in [-0.39, 0.29) is 5.16 Å². The van der Waals surface area contributed by atoms with Gasteiger partial charge in [0.15, 0.2) is 5.11 Å². The summed E-state index contributed by atoms with van der Waals surface area (Å²) in [4.78, 5) is 4.17. The van der Waals surface area contributed by atoms with E-state index in [0.29, 0.717) is 11.7 Å². The first-order chi connectivity index (χ1) is 13.4. The minimum atomic E-state index is -2.13. The monoisotopic (exact) mass is 416 g/mol. The van der Waals surface area contributed by atoms with Crippen LogP contribution in [0.15, 0.2) is 59.6 Å². The Bertz CT molecular complexity index is 830. The van der Waals surface area contributed by atoms with E-state index in [2.05, 4.69) is 66.1 Å². The molecule has 1 saturated heterocycles. The van der Waals surface area contributed by atoms with E-state index in [9.17, 15) is 0 Å². The van der Waals surface area contributed by atoms with Gasteiger partial charge in [-0.15, -0.1) is 0 Å². The molecule has 0 saturated carbocycles. The van der Waals surface area contributed by atoms with Gasteiger partial charge in [0.1, 0.15) is 0 Å². The zero-order chi connectivity index (χ0) is 20.0. The first-order valence-electron chi connectivity index (χ1n) is 9.61. The van der Waals surface area contributed by atoms with Gasteiger partial charge in [-0.05, 0) is 23.8 Å². The molecule has 1 fully saturated rings. The molecular formula is C21H29N4OPS. The zero-order valence-electron chi connectivity index (χ0n) is 16.8. The second kappa shape index (κ2) is 9.27. The number of nitrogens with zero attached hydrogens (tertiary/aromatic N) is 3. The average molecular weight is 417 g/mol. The second-order valence-electron chi connectivity index (χ2n) is 7.79. The maximum Gasteiger partial charge on any atom is 0.193 e. The third-order valence-corrected chi connectivity index (χ3v) is 9.82. The van der Waals surface area contributed by atoms with Gasteiger partial charge in [-0.1, -0.05) is 57.2 Å². The van der Waals surface area contributed by atoms with Gasteiger partial charge in [0, 0.05) is 42.5 Å². The van der Waals surface area contributed by atoms with Crippen LogP contribution >= 0.6 is 19.4 Å². The molecule has 3 rings (SSSR count). The Morgan fingerprint density at radius 3 is 2.50 bits per heavy atom. The molecule has 0 amide bonds. The lowest BCUT2D eigenvalue weighted by molar-refractivity contribution is 0.0738. The molecule has 1 aliphatic heterocycles. The summed E-state index contributed by atoms with van der Waals surface area (Å²) < 4.78 is 13.4. The van der Waals surface area contributed by atoms with Gasteiger partial charge in [0.25, 0.3) is 0 Å². The Morgan fingerprint density at radius 2 is 1.89 bits per heavy atom. The standard InChI is InChI=1S/C21H29N4OPS/c1-21(2,3)27(19-9-5-4-6-10-19,25-12-14-26-15-13-25)24-20(28)23-17-18-8-7-11-22-16-18/h4-11,16H,12-15,17H2,1-3H3,(H,23,28)/t27-/m0/s1. The quantitative estimate of drug-likeness (QED) is 0.602. The number of hydrogen-bond acceptors (Lipinski definition) is 3. The molecule has 1 aliphatic rings. The van der Waals surface area contributed by atoms with Crippen molar-refractivity contribution in [2.24, 2.45) is 4.74 Å². The molecule has 0 aliphatic carbocycles. The van der Waals surface area contributed by atoms with Gasteiger partial charge < -0.3 is 10.1 Å². The number of benzene rings is 1. The predicted molar refractivity (Wildman–Crippen MR) is 121 cm³/mol. The fraction of sp³-hybridized carbons (Fsp3) is 0.429. The number of morpholine rings is 1. The van der Waals surface area contributed by atoms with Crippen molar-refractivity contribution in [2.75, 3.05) is 26.3 Å². The highest BCUT2D eigenvalue weighted by molar-refractivity contribution is 7.81. The molecule has 0 radical (unpaired) electrons. The zero-order valence-corrected chi connectivity index (χ0v) is 18.5. The number of nitrogens with one attached hydrogen (secondary N) is 1. The average Bonchev–Trinajstić information content (AvgIpc) is 2.71. The van der Waals surface area contributed by atoms with Crippen LogP contribution in [0, 0.1) is 0 Å². The number of rotatable bonds is 4. The molecule has 0 bridgehead atoms. The Labute approximate surface area is 173 Å². The van der Waals surface area contributed by atoms with Crippen molar-refractivity contribution in [1.29, 1.82) is 0 Å². The summed E-state index contributed by atoms with van der Waals surface area (Å²) in [5.41, 5.74) is 1.09. The number of aromatic nitrogens is 1. The molecule has 2 heterocycles. The third-order valence-electron chi connectivity index (χ3n) is 4.85. The summed E-state index contributed by atoms with van der Waals surface area (Å²) in [7, 11) is -2.13. The number of hydrogen-bond donors (Lipinski definition) is 1. The van der Waals surface area contributed by atoms with Crippen LogP contribution in [0.25, 0.3) is 0 Å². The third kappa shape index (κ3) is 4.69. The summed E-state index contributed by atoms with van der Waals surface area (Å²) in [6.45, 7) is 10.6. The highest BCUT2D eigenvalue weighted by Gasteiger charge is 2.41. The fourth-order valence-electron chi connectivity index (χ4n) is 3.57. The number of pyridine rings is 1. The molecule has 1 N–H and O–H groups in total. The molecule has 0 spiro atoms. The van der Waals surface area contributed by atoms with Gasteiger partial charge in [0.05, 0.1) is 20.4 Å². The summed E-state index contributed by atoms with van der Waals surface area (Å²) in [5, 5.41) is 5.08. The summed E-state index contributed by atoms with van der Waals surface area (Å²) >= 11 is 5.71. The van der Waals surface area contributed by atoms with Crippen LogP contribution in [-0.4, -0.2) is 46.2 Å². The van der Waals surface area contributed by atoms with Gasteiger partial charge in [-0.25, -0.2) is 4.74 Å². The highest BCUT2D eigenvalue weighted by Crippen LogP contribution is 2.62. The van der Waals surface area contributed by atoms with Gasteiger partial charge in [-0.3, -0.25) is 9.65 Å². The molecule has 150 valence electrons. The lowest BCUT2D eigenvalue weighted by Crippen LogP contribution is -2.43.